The highest BCUT2D eigenvalue weighted by Crippen LogP contribution is 2.17. The Morgan fingerprint density at radius 2 is 1.75 bits per heavy atom. The van der Waals surface area contributed by atoms with Gasteiger partial charge in [0, 0.05) is 24.6 Å². The lowest BCUT2D eigenvalue weighted by molar-refractivity contribution is 0.294. The predicted octanol–water partition coefficient (Wildman–Crippen LogP) is 2.03. The maximum atomic E-state index is 5.47. The molecule has 1 aromatic heterocycles. The van der Waals surface area contributed by atoms with Crippen LogP contribution in [0.25, 0.3) is 0 Å². The van der Waals surface area contributed by atoms with E-state index >= 15 is 0 Å². The van der Waals surface area contributed by atoms with Crippen molar-refractivity contribution in [2.24, 2.45) is 5.84 Å². The van der Waals surface area contributed by atoms with Gasteiger partial charge in [0.1, 0.15) is 17.5 Å². The van der Waals surface area contributed by atoms with Crippen LogP contribution >= 0.6 is 0 Å². The lowest BCUT2D eigenvalue weighted by Gasteiger charge is -2.24. The molecule has 0 aliphatic rings. The molecule has 6 nitrogen and oxygen atoms in total. The third kappa shape index (κ3) is 4.94. The van der Waals surface area contributed by atoms with Crippen LogP contribution in [0, 0.1) is 0 Å². The molecule has 0 radical (unpaired) electrons. The zero-order valence-electron chi connectivity index (χ0n) is 13.3. The summed E-state index contributed by atoms with van der Waals surface area (Å²) in [6.45, 7) is 13.7. The predicted molar refractivity (Wildman–Crippen MR) is 84.8 cm³/mol. The van der Waals surface area contributed by atoms with Gasteiger partial charge in [0.05, 0.1) is 0 Å². The van der Waals surface area contributed by atoms with E-state index in [2.05, 4.69) is 60.2 Å². The number of likely N-dealkylation sites (N-methyl/N-ethyl adjacent to an activating group) is 1. The third-order valence-corrected chi connectivity index (χ3v) is 3.23. The molecule has 20 heavy (non-hydrogen) atoms. The Labute approximate surface area is 122 Å². The lowest BCUT2D eigenvalue weighted by atomic mass is 10.2. The van der Waals surface area contributed by atoms with Crippen molar-refractivity contribution in [3.8, 4) is 0 Å². The van der Waals surface area contributed by atoms with Crippen molar-refractivity contribution in [2.75, 3.05) is 30.4 Å². The third-order valence-electron chi connectivity index (χ3n) is 3.23. The largest absolute Gasteiger partial charge is 0.366 e. The van der Waals surface area contributed by atoms with Crippen LogP contribution < -0.4 is 16.6 Å². The highest BCUT2D eigenvalue weighted by molar-refractivity contribution is 5.47. The zero-order chi connectivity index (χ0) is 15.1. The number of nitrogens with two attached hydrogens (primary N) is 1. The number of nitrogens with zero attached hydrogens (tertiary/aromatic N) is 3. The molecule has 1 rings (SSSR count). The SMILES string of the molecule is CCN(CC)CC(C)Nc1cc(NN)nc(C(C)C)n1. The fraction of sp³-hybridized carbons (Fsp3) is 0.714. The first kappa shape index (κ1) is 16.7. The van der Waals surface area contributed by atoms with Crippen molar-refractivity contribution >= 4 is 11.6 Å². The molecular weight excluding hydrogens is 252 g/mol. The fourth-order valence-electron chi connectivity index (χ4n) is 2.04. The Morgan fingerprint density at radius 3 is 2.25 bits per heavy atom. The molecule has 0 bridgehead atoms. The van der Waals surface area contributed by atoms with Crippen LogP contribution in [-0.2, 0) is 0 Å². The van der Waals surface area contributed by atoms with Gasteiger partial charge in [-0.2, -0.15) is 0 Å². The van der Waals surface area contributed by atoms with E-state index in [1.54, 1.807) is 0 Å². The molecule has 0 fully saturated rings. The minimum atomic E-state index is 0.266. The average Bonchev–Trinajstić information content (AvgIpc) is 2.44. The van der Waals surface area contributed by atoms with E-state index < -0.39 is 0 Å². The van der Waals surface area contributed by atoms with E-state index in [0.29, 0.717) is 11.9 Å². The van der Waals surface area contributed by atoms with Crippen LogP contribution in [-0.4, -0.2) is 40.5 Å². The molecule has 6 heteroatoms. The van der Waals surface area contributed by atoms with Crippen LogP contribution in [0.4, 0.5) is 11.6 Å². The normalized spacial score (nSPS) is 12.8. The van der Waals surface area contributed by atoms with Gasteiger partial charge in [-0.05, 0) is 20.0 Å². The summed E-state index contributed by atoms with van der Waals surface area (Å²) in [5.41, 5.74) is 2.60. The van der Waals surface area contributed by atoms with Crippen LogP contribution in [0.2, 0.25) is 0 Å². The van der Waals surface area contributed by atoms with Crippen molar-refractivity contribution < 1.29 is 0 Å². The molecule has 0 saturated heterocycles. The zero-order valence-corrected chi connectivity index (χ0v) is 13.3. The maximum Gasteiger partial charge on any atom is 0.145 e. The Hall–Kier alpha value is -1.40. The highest BCUT2D eigenvalue weighted by atomic mass is 15.3. The molecule has 1 heterocycles. The molecule has 0 aliphatic carbocycles. The summed E-state index contributed by atoms with van der Waals surface area (Å²) in [7, 11) is 0. The summed E-state index contributed by atoms with van der Waals surface area (Å²) >= 11 is 0. The quantitative estimate of drug-likeness (QED) is 0.499. The number of hydrogen-bond donors (Lipinski definition) is 3. The summed E-state index contributed by atoms with van der Waals surface area (Å²) in [5.74, 6) is 7.98. The first-order valence-corrected chi connectivity index (χ1v) is 7.34. The van der Waals surface area contributed by atoms with Gasteiger partial charge < -0.3 is 15.6 Å². The standard InChI is InChI=1S/C14H28N6/c1-6-20(7-2)9-11(5)16-12-8-13(19-15)18-14(17-12)10(3)4/h8,10-11H,6-7,9,15H2,1-5H3,(H2,16,17,18,19). The molecule has 1 atom stereocenters. The molecule has 0 saturated carbocycles. The summed E-state index contributed by atoms with van der Waals surface area (Å²) in [4.78, 5) is 11.3. The number of rotatable bonds is 8. The summed E-state index contributed by atoms with van der Waals surface area (Å²) in [6.07, 6.45) is 0. The second kappa shape index (κ2) is 8.01. The van der Waals surface area contributed by atoms with E-state index in [1.807, 2.05) is 6.07 Å². The first-order chi connectivity index (χ1) is 9.49. The van der Waals surface area contributed by atoms with E-state index in [9.17, 15) is 0 Å². The lowest BCUT2D eigenvalue weighted by Crippen LogP contribution is -2.35. The van der Waals surface area contributed by atoms with Crippen molar-refractivity contribution in [1.29, 1.82) is 0 Å². The topological polar surface area (TPSA) is 79.1 Å². The Bertz CT molecular complexity index is 403. The molecule has 0 spiro atoms. The highest BCUT2D eigenvalue weighted by Gasteiger charge is 2.11. The number of hydrazine groups is 1. The van der Waals surface area contributed by atoms with E-state index in [-0.39, 0.29) is 5.92 Å². The molecule has 1 unspecified atom stereocenters. The molecule has 114 valence electrons. The second-order valence-corrected chi connectivity index (χ2v) is 5.33. The molecule has 1 aromatic rings. The van der Waals surface area contributed by atoms with Gasteiger partial charge in [-0.15, -0.1) is 0 Å². The molecular formula is C14H28N6. The van der Waals surface area contributed by atoms with Crippen molar-refractivity contribution in [3.05, 3.63) is 11.9 Å². The maximum absolute atomic E-state index is 5.47. The van der Waals surface area contributed by atoms with Gasteiger partial charge in [-0.1, -0.05) is 27.7 Å². The monoisotopic (exact) mass is 280 g/mol. The summed E-state index contributed by atoms with van der Waals surface area (Å²) in [5, 5.41) is 3.42. The van der Waals surface area contributed by atoms with Gasteiger partial charge in [0.2, 0.25) is 0 Å². The number of hydrogen-bond acceptors (Lipinski definition) is 6. The van der Waals surface area contributed by atoms with Gasteiger partial charge in [0.25, 0.3) is 0 Å². The van der Waals surface area contributed by atoms with Gasteiger partial charge in [0.15, 0.2) is 0 Å². The Balaban J connectivity index is 2.77. The number of anilines is 2. The van der Waals surface area contributed by atoms with E-state index in [0.717, 1.165) is 31.3 Å². The van der Waals surface area contributed by atoms with Crippen molar-refractivity contribution in [3.63, 3.8) is 0 Å². The minimum Gasteiger partial charge on any atom is -0.366 e. The Morgan fingerprint density at radius 1 is 1.15 bits per heavy atom. The van der Waals surface area contributed by atoms with Gasteiger partial charge >= 0.3 is 0 Å². The number of aromatic nitrogens is 2. The van der Waals surface area contributed by atoms with E-state index in [1.165, 1.54) is 0 Å². The van der Waals surface area contributed by atoms with Crippen LogP contribution in [0.1, 0.15) is 46.4 Å². The average molecular weight is 280 g/mol. The molecule has 4 N–H and O–H groups in total. The van der Waals surface area contributed by atoms with E-state index in [4.69, 9.17) is 5.84 Å². The summed E-state index contributed by atoms with van der Waals surface area (Å²) in [6, 6.07) is 2.15. The summed E-state index contributed by atoms with van der Waals surface area (Å²) < 4.78 is 0. The van der Waals surface area contributed by atoms with Crippen LogP contribution in [0.15, 0.2) is 6.07 Å². The van der Waals surface area contributed by atoms with Crippen molar-refractivity contribution in [1.82, 2.24) is 14.9 Å². The fourth-order valence-corrected chi connectivity index (χ4v) is 2.04. The number of nitrogen functional groups attached to an aromatic ring is 1. The van der Waals surface area contributed by atoms with Gasteiger partial charge in [-0.25, -0.2) is 15.8 Å². The Kier molecular flexibility index (Phi) is 6.67. The first-order valence-electron chi connectivity index (χ1n) is 7.34. The molecule has 0 aliphatic heterocycles. The van der Waals surface area contributed by atoms with Gasteiger partial charge in [-0.3, -0.25) is 0 Å². The number of nitrogens with one attached hydrogen (secondary N) is 2. The second-order valence-electron chi connectivity index (χ2n) is 5.33. The molecule has 0 aromatic carbocycles. The van der Waals surface area contributed by atoms with Crippen molar-refractivity contribution in [2.45, 2.75) is 46.6 Å². The smallest absolute Gasteiger partial charge is 0.145 e. The van der Waals surface area contributed by atoms with Crippen LogP contribution in [0.3, 0.4) is 0 Å². The minimum absolute atomic E-state index is 0.266. The van der Waals surface area contributed by atoms with Crippen LogP contribution in [0.5, 0.6) is 0 Å². The molecule has 0 amide bonds.